The SMILES string of the molecule is COC(=O)C12CCC(c3nc4cc(C#N)ccc4n3C)(CC1)CC2. The van der Waals surface area contributed by atoms with Crippen molar-refractivity contribution in [3.05, 3.63) is 29.6 Å². The number of carbonyl (C=O) groups is 1. The van der Waals surface area contributed by atoms with Gasteiger partial charge in [-0.05, 0) is 56.7 Å². The number of aryl methyl sites for hydroxylation is 1. The maximum absolute atomic E-state index is 12.2. The molecule has 0 aliphatic heterocycles. The van der Waals surface area contributed by atoms with Gasteiger partial charge in [0, 0.05) is 12.5 Å². The third-order valence-corrected chi connectivity index (χ3v) is 6.35. The lowest BCUT2D eigenvalue weighted by Crippen LogP contribution is -2.49. The van der Waals surface area contributed by atoms with Crippen LogP contribution in [-0.2, 0) is 22.0 Å². The summed E-state index contributed by atoms with van der Waals surface area (Å²) in [5.74, 6) is 1.06. The van der Waals surface area contributed by atoms with Crippen molar-refractivity contribution in [2.24, 2.45) is 12.5 Å². The molecule has 5 rings (SSSR count). The molecule has 3 saturated carbocycles. The van der Waals surface area contributed by atoms with Gasteiger partial charge in [0.05, 0.1) is 35.2 Å². The number of imidazole rings is 1. The Morgan fingerprint density at radius 2 is 1.92 bits per heavy atom. The highest BCUT2D eigenvalue weighted by Gasteiger charge is 2.55. The van der Waals surface area contributed by atoms with Crippen LogP contribution in [0.5, 0.6) is 0 Å². The third-order valence-electron chi connectivity index (χ3n) is 6.35. The second-order valence-electron chi connectivity index (χ2n) is 7.36. The van der Waals surface area contributed by atoms with Crippen molar-refractivity contribution in [1.82, 2.24) is 9.55 Å². The Balaban J connectivity index is 1.73. The van der Waals surface area contributed by atoms with Crippen LogP contribution in [0.1, 0.15) is 49.9 Å². The summed E-state index contributed by atoms with van der Waals surface area (Å²) >= 11 is 0. The smallest absolute Gasteiger partial charge is 0.311 e. The van der Waals surface area contributed by atoms with Crippen molar-refractivity contribution >= 4 is 17.0 Å². The van der Waals surface area contributed by atoms with Crippen molar-refractivity contribution < 1.29 is 9.53 Å². The molecule has 0 amide bonds. The summed E-state index contributed by atoms with van der Waals surface area (Å²) in [5, 5.41) is 9.10. The first-order chi connectivity index (χ1) is 11.5. The minimum atomic E-state index is -0.269. The van der Waals surface area contributed by atoms with E-state index >= 15 is 0 Å². The van der Waals surface area contributed by atoms with E-state index in [1.807, 2.05) is 18.2 Å². The number of nitriles is 1. The fourth-order valence-electron chi connectivity index (χ4n) is 4.79. The molecule has 2 bridgehead atoms. The maximum Gasteiger partial charge on any atom is 0.311 e. The maximum atomic E-state index is 12.2. The minimum absolute atomic E-state index is 0.0422. The molecule has 5 heteroatoms. The molecule has 3 aliphatic carbocycles. The van der Waals surface area contributed by atoms with E-state index in [1.54, 1.807) is 0 Å². The van der Waals surface area contributed by atoms with Crippen LogP contribution in [0.4, 0.5) is 0 Å². The summed E-state index contributed by atoms with van der Waals surface area (Å²) in [6.07, 6.45) is 5.57. The lowest BCUT2D eigenvalue weighted by molar-refractivity contribution is -0.160. The Morgan fingerprint density at radius 3 is 2.50 bits per heavy atom. The summed E-state index contributed by atoms with van der Waals surface area (Å²) < 4.78 is 7.23. The quantitative estimate of drug-likeness (QED) is 0.796. The van der Waals surface area contributed by atoms with E-state index in [0.29, 0.717) is 5.56 Å². The lowest BCUT2D eigenvalue weighted by atomic mass is 9.53. The molecule has 0 N–H and O–H groups in total. The minimum Gasteiger partial charge on any atom is -0.469 e. The predicted octanol–water partition coefficient (Wildman–Crippen LogP) is 3.21. The summed E-state index contributed by atoms with van der Waals surface area (Å²) in [4.78, 5) is 17.1. The van der Waals surface area contributed by atoms with Crippen molar-refractivity contribution in [3.8, 4) is 6.07 Å². The molecule has 3 aliphatic rings. The average Bonchev–Trinajstić information content (AvgIpc) is 2.99. The molecule has 2 aromatic rings. The fraction of sp³-hybridized carbons (Fsp3) is 0.526. The molecular formula is C19H21N3O2. The van der Waals surface area contributed by atoms with Gasteiger partial charge in [-0.3, -0.25) is 4.79 Å². The second kappa shape index (κ2) is 5.07. The number of aromatic nitrogens is 2. The number of methoxy groups -OCH3 is 1. The zero-order chi connectivity index (χ0) is 16.9. The first-order valence-corrected chi connectivity index (χ1v) is 8.49. The number of benzene rings is 1. The van der Waals surface area contributed by atoms with Crippen LogP contribution in [0.3, 0.4) is 0 Å². The number of carbonyl (C=O) groups excluding carboxylic acids is 1. The lowest BCUT2D eigenvalue weighted by Gasteiger charge is -2.51. The van der Waals surface area contributed by atoms with Gasteiger partial charge in [-0.25, -0.2) is 4.98 Å². The van der Waals surface area contributed by atoms with Crippen LogP contribution in [0.15, 0.2) is 18.2 Å². The van der Waals surface area contributed by atoms with E-state index in [0.717, 1.165) is 55.4 Å². The number of nitrogens with zero attached hydrogens (tertiary/aromatic N) is 3. The van der Waals surface area contributed by atoms with Gasteiger partial charge in [-0.2, -0.15) is 5.26 Å². The van der Waals surface area contributed by atoms with Gasteiger partial charge in [0.15, 0.2) is 0 Å². The molecule has 24 heavy (non-hydrogen) atoms. The normalized spacial score (nSPS) is 28.7. The molecule has 5 nitrogen and oxygen atoms in total. The molecule has 1 heterocycles. The largest absolute Gasteiger partial charge is 0.469 e. The second-order valence-corrected chi connectivity index (χ2v) is 7.36. The van der Waals surface area contributed by atoms with Crippen molar-refractivity contribution in [3.63, 3.8) is 0 Å². The number of esters is 1. The van der Waals surface area contributed by atoms with Gasteiger partial charge >= 0.3 is 5.97 Å². The molecule has 1 aromatic heterocycles. The third kappa shape index (κ3) is 1.92. The monoisotopic (exact) mass is 323 g/mol. The molecular weight excluding hydrogens is 302 g/mol. The van der Waals surface area contributed by atoms with Crippen molar-refractivity contribution in [2.45, 2.75) is 43.9 Å². The Morgan fingerprint density at radius 1 is 1.25 bits per heavy atom. The summed E-state index contributed by atoms with van der Waals surface area (Å²) in [6.45, 7) is 0. The highest BCUT2D eigenvalue weighted by atomic mass is 16.5. The molecule has 3 fully saturated rings. The van der Waals surface area contributed by atoms with Crippen LogP contribution in [0.25, 0.3) is 11.0 Å². The summed E-state index contributed by atoms with van der Waals surface area (Å²) in [5.41, 5.74) is 2.37. The summed E-state index contributed by atoms with van der Waals surface area (Å²) in [7, 11) is 3.55. The molecule has 0 radical (unpaired) electrons. The highest BCUT2D eigenvalue weighted by Crippen LogP contribution is 2.58. The molecule has 124 valence electrons. The number of hydrogen-bond donors (Lipinski definition) is 0. The van der Waals surface area contributed by atoms with E-state index < -0.39 is 0 Å². The van der Waals surface area contributed by atoms with E-state index in [4.69, 9.17) is 15.0 Å². The molecule has 0 saturated heterocycles. The molecule has 0 spiro atoms. The Bertz CT molecular complexity index is 850. The fourth-order valence-corrected chi connectivity index (χ4v) is 4.79. The van der Waals surface area contributed by atoms with E-state index in [1.165, 1.54) is 7.11 Å². The van der Waals surface area contributed by atoms with Crippen LogP contribution < -0.4 is 0 Å². The molecule has 0 atom stereocenters. The van der Waals surface area contributed by atoms with Gasteiger partial charge in [0.2, 0.25) is 0 Å². The van der Waals surface area contributed by atoms with Crippen LogP contribution in [0, 0.1) is 16.7 Å². The first-order valence-electron chi connectivity index (χ1n) is 8.49. The predicted molar refractivity (Wildman–Crippen MR) is 89.3 cm³/mol. The molecule has 0 unspecified atom stereocenters. The van der Waals surface area contributed by atoms with Crippen LogP contribution >= 0.6 is 0 Å². The van der Waals surface area contributed by atoms with Gasteiger partial charge in [-0.15, -0.1) is 0 Å². The summed E-state index contributed by atoms with van der Waals surface area (Å²) in [6, 6.07) is 7.86. The topological polar surface area (TPSA) is 67.9 Å². The van der Waals surface area contributed by atoms with E-state index in [2.05, 4.69) is 17.7 Å². The molecule has 1 aromatic carbocycles. The Labute approximate surface area is 141 Å². The van der Waals surface area contributed by atoms with Crippen LogP contribution in [0.2, 0.25) is 0 Å². The van der Waals surface area contributed by atoms with Gasteiger partial charge in [0.25, 0.3) is 0 Å². The highest BCUT2D eigenvalue weighted by molar-refractivity contribution is 5.79. The number of rotatable bonds is 2. The average molecular weight is 323 g/mol. The van der Waals surface area contributed by atoms with E-state index in [9.17, 15) is 4.79 Å². The number of hydrogen-bond acceptors (Lipinski definition) is 4. The van der Waals surface area contributed by atoms with E-state index in [-0.39, 0.29) is 16.8 Å². The van der Waals surface area contributed by atoms with Crippen molar-refractivity contribution in [2.75, 3.05) is 7.11 Å². The first kappa shape index (κ1) is 15.2. The zero-order valence-corrected chi connectivity index (χ0v) is 14.1. The van der Waals surface area contributed by atoms with Gasteiger partial charge in [-0.1, -0.05) is 0 Å². The Hall–Kier alpha value is -2.35. The standard InChI is InChI=1S/C19H21N3O2/c1-22-15-4-3-13(12-20)11-14(15)21-16(22)18-5-8-19(9-6-18,10-7-18)17(23)24-2/h3-4,11H,5-10H2,1-2H3. The van der Waals surface area contributed by atoms with Crippen LogP contribution in [-0.4, -0.2) is 22.6 Å². The van der Waals surface area contributed by atoms with Crippen molar-refractivity contribution in [1.29, 1.82) is 5.26 Å². The van der Waals surface area contributed by atoms with Gasteiger partial charge in [0.1, 0.15) is 5.82 Å². The van der Waals surface area contributed by atoms with Gasteiger partial charge < -0.3 is 9.30 Å². The Kier molecular flexibility index (Phi) is 3.21. The zero-order valence-electron chi connectivity index (χ0n) is 14.1. The number of fused-ring (bicyclic) bond motifs is 4. The number of ether oxygens (including phenoxy) is 1.